The summed E-state index contributed by atoms with van der Waals surface area (Å²) in [6.07, 6.45) is 1.65. The number of hydrogen-bond donors (Lipinski definition) is 2. The van der Waals surface area contributed by atoms with Crippen molar-refractivity contribution in [2.24, 2.45) is 0 Å². The van der Waals surface area contributed by atoms with Gasteiger partial charge in [-0.05, 0) is 37.1 Å². The summed E-state index contributed by atoms with van der Waals surface area (Å²) in [7, 11) is 0. The summed E-state index contributed by atoms with van der Waals surface area (Å²) >= 11 is 0. The van der Waals surface area contributed by atoms with Crippen molar-refractivity contribution in [3.8, 4) is 0 Å². The Kier molecular flexibility index (Phi) is 5.31. The maximum absolute atomic E-state index is 12.5. The molecular weight excluding hydrogens is 288 g/mol. The average molecular weight is 308 g/mol. The van der Waals surface area contributed by atoms with Crippen LogP contribution in [0.25, 0.3) is 6.08 Å². The Morgan fingerprint density at radius 3 is 2.30 bits per heavy atom. The Morgan fingerprint density at radius 1 is 1.00 bits per heavy atom. The molecule has 2 N–H and O–H groups in total. The van der Waals surface area contributed by atoms with Crippen molar-refractivity contribution in [3.05, 3.63) is 70.9 Å². The van der Waals surface area contributed by atoms with Crippen molar-refractivity contribution in [2.45, 2.75) is 20.8 Å². The lowest BCUT2D eigenvalue weighted by Crippen LogP contribution is -2.29. The predicted molar refractivity (Wildman–Crippen MR) is 92.8 cm³/mol. The van der Waals surface area contributed by atoms with E-state index in [0.29, 0.717) is 0 Å². The van der Waals surface area contributed by atoms with E-state index >= 15 is 0 Å². The largest absolute Gasteiger partial charge is 0.322 e. The molecule has 0 radical (unpaired) electrons. The fourth-order valence-corrected chi connectivity index (χ4v) is 2.21. The zero-order valence-electron chi connectivity index (χ0n) is 13.5. The van der Waals surface area contributed by atoms with Gasteiger partial charge in [0.1, 0.15) is 5.70 Å². The molecule has 0 saturated carbocycles. The van der Waals surface area contributed by atoms with Crippen molar-refractivity contribution >= 4 is 23.6 Å². The van der Waals surface area contributed by atoms with Gasteiger partial charge in [0.25, 0.3) is 5.91 Å². The standard InChI is InChI=1S/C19H20N2O2/c1-13-9-10-17(14(2)11-13)21-19(23)18(20-15(3)22)12-16-7-5-4-6-8-16/h4-12H,1-3H3,(H,20,22)(H,21,23)/b18-12-. The van der Waals surface area contributed by atoms with Gasteiger partial charge in [-0.15, -0.1) is 0 Å². The molecule has 118 valence electrons. The molecule has 0 heterocycles. The highest BCUT2D eigenvalue weighted by Gasteiger charge is 2.12. The Balaban J connectivity index is 2.26. The minimum absolute atomic E-state index is 0.212. The van der Waals surface area contributed by atoms with Crippen LogP contribution < -0.4 is 10.6 Å². The number of benzene rings is 2. The Bertz CT molecular complexity index is 749. The Morgan fingerprint density at radius 2 is 1.70 bits per heavy atom. The number of aryl methyl sites for hydroxylation is 2. The lowest BCUT2D eigenvalue weighted by Gasteiger charge is -2.12. The molecular formula is C19H20N2O2. The number of anilines is 1. The second-order valence-corrected chi connectivity index (χ2v) is 5.42. The van der Waals surface area contributed by atoms with E-state index in [0.717, 1.165) is 22.4 Å². The van der Waals surface area contributed by atoms with Gasteiger partial charge in [0.05, 0.1) is 0 Å². The first-order valence-corrected chi connectivity index (χ1v) is 7.38. The maximum atomic E-state index is 12.5. The van der Waals surface area contributed by atoms with Crippen molar-refractivity contribution < 1.29 is 9.59 Å². The van der Waals surface area contributed by atoms with Gasteiger partial charge in [-0.2, -0.15) is 0 Å². The third-order valence-electron chi connectivity index (χ3n) is 3.30. The first kappa shape index (κ1) is 16.5. The fraction of sp³-hybridized carbons (Fsp3) is 0.158. The highest BCUT2D eigenvalue weighted by atomic mass is 16.2. The molecule has 4 heteroatoms. The lowest BCUT2D eigenvalue weighted by molar-refractivity contribution is -0.120. The highest BCUT2D eigenvalue weighted by Crippen LogP contribution is 2.17. The molecule has 2 rings (SSSR count). The van der Waals surface area contributed by atoms with Crippen LogP contribution in [0.5, 0.6) is 0 Å². The number of hydrogen-bond acceptors (Lipinski definition) is 2. The van der Waals surface area contributed by atoms with Crippen LogP contribution in [0.3, 0.4) is 0 Å². The van der Waals surface area contributed by atoms with E-state index in [1.54, 1.807) is 6.08 Å². The smallest absolute Gasteiger partial charge is 0.272 e. The molecule has 0 saturated heterocycles. The van der Waals surface area contributed by atoms with Gasteiger partial charge < -0.3 is 10.6 Å². The molecule has 2 aromatic carbocycles. The summed E-state index contributed by atoms with van der Waals surface area (Å²) < 4.78 is 0. The van der Waals surface area contributed by atoms with E-state index < -0.39 is 0 Å². The third kappa shape index (κ3) is 4.81. The van der Waals surface area contributed by atoms with Crippen molar-refractivity contribution in [3.63, 3.8) is 0 Å². The van der Waals surface area contributed by atoms with Crippen LogP contribution >= 0.6 is 0 Å². The minimum atomic E-state index is -0.351. The molecule has 0 aromatic heterocycles. The topological polar surface area (TPSA) is 58.2 Å². The first-order valence-electron chi connectivity index (χ1n) is 7.38. The van der Waals surface area contributed by atoms with Crippen LogP contribution in [0.15, 0.2) is 54.2 Å². The van der Waals surface area contributed by atoms with Crippen LogP contribution in [0.4, 0.5) is 5.69 Å². The lowest BCUT2D eigenvalue weighted by atomic mass is 10.1. The third-order valence-corrected chi connectivity index (χ3v) is 3.30. The van der Waals surface area contributed by atoms with E-state index in [2.05, 4.69) is 10.6 Å². The number of amides is 2. The zero-order valence-corrected chi connectivity index (χ0v) is 13.5. The average Bonchev–Trinajstić information content (AvgIpc) is 2.50. The number of carbonyl (C=O) groups excluding carboxylic acids is 2. The summed E-state index contributed by atoms with van der Waals surface area (Å²) in [4.78, 5) is 23.9. The van der Waals surface area contributed by atoms with E-state index in [4.69, 9.17) is 0 Å². The van der Waals surface area contributed by atoms with E-state index in [1.807, 2.05) is 62.4 Å². The molecule has 0 aliphatic heterocycles. The summed E-state index contributed by atoms with van der Waals surface area (Å²) in [5, 5.41) is 5.43. The SMILES string of the molecule is CC(=O)N/C(=C\c1ccccc1)C(=O)Nc1ccc(C)cc1C. The number of carbonyl (C=O) groups is 2. The molecule has 0 aliphatic rings. The van der Waals surface area contributed by atoms with Crippen LogP contribution in [-0.4, -0.2) is 11.8 Å². The number of rotatable bonds is 4. The quantitative estimate of drug-likeness (QED) is 0.850. The van der Waals surface area contributed by atoms with Gasteiger partial charge in [0, 0.05) is 12.6 Å². The van der Waals surface area contributed by atoms with Crippen LogP contribution in [0, 0.1) is 13.8 Å². The normalized spacial score (nSPS) is 11.0. The molecule has 0 unspecified atom stereocenters. The number of nitrogens with one attached hydrogen (secondary N) is 2. The second-order valence-electron chi connectivity index (χ2n) is 5.42. The molecule has 23 heavy (non-hydrogen) atoms. The molecule has 0 atom stereocenters. The first-order chi connectivity index (χ1) is 11.0. The van der Waals surface area contributed by atoms with Gasteiger partial charge in [-0.1, -0.05) is 48.0 Å². The van der Waals surface area contributed by atoms with Crippen molar-refractivity contribution in [1.29, 1.82) is 0 Å². The molecule has 2 aromatic rings. The second kappa shape index (κ2) is 7.40. The van der Waals surface area contributed by atoms with Crippen molar-refractivity contribution in [1.82, 2.24) is 5.32 Å². The van der Waals surface area contributed by atoms with Crippen molar-refractivity contribution in [2.75, 3.05) is 5.32 Å². The van der Waals surface area contributed by atoms with E-state index in [-0.39, 0.29) is 17.5 Å². The molecule has 0 spiro atoms. The minimum Gasteiger partial charge on any atom is -0.322 e. The highest BCUT2D eigenvalue weighted by molar-refractivity contribution is 6.08. The van der Waals surface area contributed by atoms with E-state index in [9.17, 15) is 9.59 Å². The zero-order chi connectivity index (χ0) is 16.8. The van der Waals surface area contributed by atoms with Gasteiger partial charge >= 0.3 is 0 Å². The van der Waals surface area contributed by atoms with Gasteiger partial charge in [0.2, 0.25) is 5.91 Å². The summed E-state index contributed by atoms with van der Waals surface area (Å²) in [6, 6.07) is 15.2. The van der Waals surface area contributed by atoms with Crippen LogP contribution in [0.2, 0.25) is 0 Å². The Hall–Kier alpha value is -2.88. The fourth-order valence-electron chi connectivity index (χ4n) is 2.21. The monoisotopic (exact) mass is 308 g/mol. The summed E-state index contributed by atoms with van der Waals surface area (Å²) in [5.74, 6) is -0.640. The van der Waals surface area contributed by atoms with Gasteiger partial charge in [-0.3, -0.25) is 9.59 Å². The molecule has 0 bridgehead atoms. The summed E-state index contributed by atoms with van der Waals surface area (Å²) in [5.41, 5.74) is 3.88. The van der Waals surface area contributed by atoms with E-state index in [1.165, 1.54) is 6.92 Å². The molecule has 4 nitrogen and oxygen atoms in total. The van der Waals surface area contributed by atoms with Crippen LogP contribution in [0.1, 0.15) is 23.6 Å². The maximum Gasteiger partial charge on any atom is 0.272 e. The predicted octanol–water partition coefficient (Wildman–Crippen LogP) is 3.42. The molecule has 0 fully saturated rings. The molecule has 2 amide bonds. The Labute approximate surface area is 136 Å². The van der Waals surface area contributed by atoms with Gasteiger partial charge in [0.15, 0.2) is 0 Å². The summed E-state index contributed by atoms with van der Waals surface area (Å²) in [6.45, 7) is 5.31. The molecule has 0 aliphatic carbocycles. The van der Waals surface area contributed by atoms with Crippen LogP contribution in [-0.2, 0) is 9.59 Å². The van der Waals surface area contributed by atoms with Gasteiger partial charge in [-0.25, -0.2) is 0 Å².